The summed E-state index contributed by atoms with van der Waals surface area (Å²) in [6.07, 6.45) is 4.42. The summed E-state index contributed by atoms with van der Waals surface area (Å²) in [4.78, 5) is 12.5. The number of hydrogen-bond donors (Lipinski definition) is 2. The van der Waals surface area contributed by atoms with Crippen LogP contribution in [0, 0.1) is 0 Å². The average Bonchev–Trinajstić information content (AvgIpc) is 2.94. The van der Waals surface area contributed by atoms with Crippen molar-refractivity contribution in [2.75, 3.05) is 5.75 Å². The maximum Gasteiger partial charge on any atom is 0.237 e. The first-order valence-electron chi connectivity index (χ1n) is 8.00. The van der Waals surface area contributed by atoms with E-state index >= 15 is 0 Å². The van der Waals surface area contributed by atoms with Gasteiger partial charge < -0.3 is 10.6 Å². The van der Waals surface area contributed by atoms with Crippen molar-refractivity contribution in [2.45, 2.75) is 56.5 Å². The van der Waals surface area contributed by atoms with Crippen molar-refractivity contribution in [3.8, 4) is 0 Å². The molecule has 3 atom stereocenters. The van der Waals surface area contributed by atoms with Crippen LogP contribution in [0.3, 0.4) is 0 Å². The highest BCUT2D eigenvalue weighted by Crippen LogP contribution is 2.30. The molecule has 1 aliphatic carbocycles. The van der Waals surface area contributed by atoms with Crippen molar-refractivity contribution in [3.63, 3.8) is 0 Å². The first-order chi connectivity index (χ1) is 10.3. The van der Waals surface area contributed by atoms with Crippen molar-refractivity contribution in [1.82, 2.24) is 10.6 Å². The summed E-state index contributed by atoms with van der Waals surface area (Å²) >= 11 is 1.99. The van der Waals surface area contributed by atoms with Gasteiger partial charge in [-0.05, 0) is 36.1 Å². The standard InChI is InChI=1S/C17H24N2OS/c1-2-21-16-9-5-8-14(16)19-17(20)15-10-12-6-3-4-7-13(12)11-18-15/h3-4,6-7,14-16,18H,2,5,8-11H2,1H3,(H,19,20)/t14?,15-,16?/m0/s1. The molecular weight excluding hydrogens is 280 g/mol. The molecule has 0 bridgehead atoms. The van der Waals surface area contributed by atoms with Crippen LogP contribution in [0.1, 0.15) is 37.3 Å². The Labute approximate surface area is 131 Å². The average molecular weight is 304 g/mol. The quantitative estimate of drug-likeness (QED) is 0.898. The first kappa shape index (κ1) is 14.9. The monoisotopic (exact) mass is 304 g/mol. The zero-order chi connectivity index (χ0) is 14.7. The predicted octanol–water partition coefficient (Wildman–Crippen LogP) is 2.49. The van der Waals surface area contributed by atoms with Crippen molar-refractivity contribution in [3.05, 3.63) is 35.4 Å². The van der Waals surface area contributed by atoms with E-state index in [0.717, 1.165) is 25.1 Å². The molecule has 3 nitrogen and oxygen atoms in total. The highest BCUT2D eigenvalue weighted by molar-refractivity contribution is 7.99. The van der Waals surface area contributed by atoms with Crippen LogP contribution in [0.25, 0.3) is 0 Å². The molecule has 1 aromatic rings. The first-order valence-corrected chi connectivity index (χ1v) is 9.05. The van der Waals surface area contributed by atoms with Crippen LogP contribution in [-0.4, -0.2) is 29.0 Å². The van der Waals surface area contributed by atoms with Crippen molar-refractivity contribution < 1.29 is 4.79 Å². The Bertz CT molecular complexity index is 505. The number of carbonyl (C=O) groups excluding carboxylic acids is 1. The van der Waals surface area contributed by atoms with E-state index in [4.69, 9.17) is 0 Å². The molecule has 1 heterocycles. The number of nitrogens with one attached hydrogen (secondary N) is 2. The summed E-state index contributed by atoms with van der Waals surface area (Å²) in [5.41, 5.74) is 2.63. The second-order valence-electron chi connectivity index (χ2n) is 5.95. The van der Waals surface area contributed by atoms with Gasteiger partial charge in [0.25, 0.3) is 0 Å². The number of amides is 1. The lowest BCUT2D eigenvalue weighted by Crippen LogP contribution is -2.51. The van der Waals surface area contributed by atoms with Gasteiger partial charge in [-0.1, -0.05) is 37.6 Å². The topological polar surface area (TPSA) is 41.1 Å². The van der Waals surface area contributed by atoms with Gasteiger partial charge >= 0.3 is 0 Å². The molecule has 0 spiro atoms. The van der Waals surface area contributed by atoms with Crippen LogP contribution in [0.2, 0.25) is 0 Å². The molecule has 1 amide bonds. The fourth-order valence-electron chi connectivity index (χ4n) is 3.43. The van der Waals surface area contributed by atoms with Crippen molar-refractivity contribution in [2.24, 2.45) is 0 Å². The van der Waals surface area contributed by atoms with Gasteiger partial charge in [-0.2, -0.15) is 11.8 Å². The van der Waals surface area contributed by atoms with Gasteiger partial charge in [0.2, 0.25) is 5.91 Å². The van der Waals surface area contributed by atoms with Gasteiger partial charge in [0.1, 0.15) is 0 Å². The molecule has 2 unspecified atom stereocenters. The third-order valence-electron chi connectivity index (χ3n) is 4.56. The Hall–Kier alpha value is -1.00. The molecule has 4 heteroatoms. The van der Waals surface area contributed by atoms with Crippen LogP contribution < -0.4 is 10.6 Å². The molecule has 1 aromatic carbocycles. The predicted molar refractivity (Wildman–Crippen MR) is 88.5 cm³/mol. The number of thioether (sulfide) groups is 1. The maximum atomic E-state index is 12.5. The Morgan fingerprint density at radius 3 is 2.95 bits per heavy atom. The summed E-state index contributed by atoms with van der Waals surface area (Å²) in [6, 6.07) is 8.69. The van der Waals surface area contributed by atoms with E-state index < -0.39 is 0 Å². The highest BCUT2D eigenvalue weighted by Gasteiger charge is 2.31. The number of benzene rings is 1. The Balaban J connectivity index is 1.59. The third kappa shape index (κ3) is 3.43. The highest BCUT2D eigenvalue weighted by atomic mass is 32.2. The maximum absolute atomic E-state index is 12.5. The van der Waals surface area contributed by atoms with Gasteiger partial charge in [-0.25, -0.2) is 0 Å². The Morgan fingerprint density at radius 2 is 2.14 bits per heavy atom. The van der Waals surface area contributed by atoms with Gasteiger partial charge in [0, 0.05) is 17.8 Å². The van der Waals surface area contributed by atoms with E-state index in [1.807, 2.05) is 11.8 Å². The SMILES string of the molecule is CCSC1CCCC1NC(=O)[C@@H]1Cc2ccccc2CN1. The fraction of sp³-hybridized carbons (Fsp3) is 0.588. The third-order valence-corrected chi connectivity index (χ3v) is 5.88. The lowest BCUT2D eigenvalue weighted by molar-refractivity contribution is -0.124. The van der Waals surface area contributed by atoms with Crippen LogP contribution in [0.5, 0.6) is 0 Å². The van der Waals surface area contributed by atoms with Crippen LogP contribution in [0.4, 0.5) is 0 Å². The van der Waals surface area contributed by atoms with E-state index in [1.54, 1.807) is 0 Å². The normalized spacial score (nSPS) is 28.1. The minimum atomic E-state index is -0.0761. The number of fused-ring (bicyclic) bond motifs is 1. The number of rotatable bonds is 4. The summed E-state index contributed by atoms with van der Waals surface area (Å²) < 4.78 is 0. The lowest BCUT2D eigenvalue weighted by atomic mass is 9.95. The molecule has 21 heavy (non-hydrogen) atoms. The van der Waals surface area contributed by atoms with E-state index in [2.05, 4.69) is 41.8 Å². The van der Waals surface area contributed by atoms with Crippen LogP contribution >= 0.6 is 11.8 Å². The van der Waals surface area contributed by atoms with Gasteiger partial charge in [-0.15, -0.1) is 0 Å². The largest absolute Gasteiger partial charge is 0.351 e. The lowest BCUT2D eigenvalue weighted by Gasteiger charge is -2.28. The smallest absolute Gasteiger partial charge is 0.237 e. The zero-order valence-electron chi connectivity index (χ0n) is 12.6. The Morgan fingerprint density at radius 1 is 1.33 bits per heavy atom. The molecule has 1 saturated carbocycles. The molecule has 3 rings (SSSR count). The molecule has 114 valence electrons. The molecule has 2 aliphatic rings. The minimum absolute atomic E-state index is 0.0761. The van der Waals surface area contributed by atoms with Gasteiger partial charge in [-0.3, -0.25) is 4.79 Å². The summed E-state index contributed by atoms with van der Waals surface area (Å²) in [7, 11) is 0. The van der Waals surface area contributed by atoms with Gasteiger partial charge in [0.05, 0.1) is 6.04 Å². The summed E-state index contributed by atoms with van der Waals surface area (Å²) in [6.45, 7) is 2.99. The van der Waals surface area contributed by atoms with Gasteiger partial charge in [0.15, 0.2) is 0 Å². The Kier molecular flexibility index (Phi) is 4.86. The van der Waals surface area contributed by atoms with Crippen LogP contribution in [0.15, 0.2) is 24.3 Å². The number of hydrogen-bond acceptors (Lipinski definition) is 3. The molecule has 1 fully saturated rings. The van der Waals surface area contributed by atoms with E-state index in [1.165, 1.54) is 24.0 Å². The molecule has 1 aliphatic heterocycles. The second-order valence-corrected chi connectivity index (χ2v) is 7.46. The van der Waals surface area contributed by atoms with Crippen molar-refractivity contribution >= 4 is 17.7 Å². The molecule has 0 radical (unpaired) electrons. The van der Waals surface area contributed by atoms with Crippen molar-refractivity contribution in [1.29, 1.82) is 0 Å². The molecule has 0 saturated heterocycles. The molecule has 2 N–H and O–H groups in total. The van der Waals surface area contributed by atoms with Crippen LogP contribution in [-0.2, 0) is 17.8 Å². The minimum Gasteiger partial charge on any atom is -0.351 e. The molecule has 0 aromatic heterocycles. The number of carbonyl (C=O) groups is 1. The van der Waals surface area contributed by atoms with E-state index in [9.17, 15) is 4.79 Å². The summed E-state index contributed by atoms with van der Waals surface area (Å²) in [5, 5.41) is 7.28. The second kappa shape index (κ2) is 6.84. The van der Waals surface area contributed by atoms with E-state index in [0.29, 0.717) is 11.3 Å². The molecular formula is C17H24N2OS. The summed E-state index contributed by atoms with van der Waals surface area (Å²) in [5.74, 6) is 1.31. The zero-order valence-corrected chi connectivity index (χ0v) is 13.4. The van der Waals surface area contributed by atoms with E-state index in [-0.39, 0.29) is 11.9 Å². The fourth-order valence-corrected chi connectivity index (χ4v) is 4.63.